The van der Waals surface area contributed by atoms with Gasteiger partial charge in [-0.05, 0) is 0 Å². The summed E-state index contributed by atoms with van der Waals surface area (Å²) < 4.78 is 4.53. The molecule has 0 radical (unpaired) electrons. The molecular formula is H17NO3Si4. The normalized spacial score (nSPS) is 5.25. The minimum atomic E-state index is 0. The van der Waals surface area contributed by atoms with Gasteiger partial charge in [0.05, 0.1) is 0 Å². The summed E-state index contributed by atoms with van der Waals surface area (Å²) in [4.78, 5) is 13.0. The highest BCUT2D eigenvalue weighted by Gasteiger charge is 1.28. The molecule has 0 aliphatic carbocycles. The molecule has 4 nitrogen and oxygen atoms in total. The van der Waals surface area contributed by atoms with Crippen LogP contribution in [0.5, 0.6) is 0 Å². The monoisotopic (exact) mass is 191 g/mol. The van der Waals surface area contributed by atoms with Gasteiger partial charge in [-0.1, -0.05) is 0 Å². The Bertz CT molecular complexity index is 11.2. The molecule has 56 valence electrons. The molecule has 8 heteroatoms. The maximum Gasteiger partial charge on any atom is 0.338 e. The standard InChI is InChI=1S/H2N.H6OSi2.2H4OSi/c;2-1-3;2*1-2/h1H2;2-3H3;2*1H,2H3/q-1;;;/p+1. The van der Waals surface area contributed by atoms with Crippen molar-refractivity contribution < 1.29 is 13.7 Å². The van der Waals surface area contributed by atoms with Crippen molar-refractivity contribution in [3.05, 3.63) is 6.15 Å². The van der Waals surface area contributed by atoms with Crippen molar-refractivity contribution in [3.63, 3.8) is 0 Å². The van der Waals surface area contributed by atoms with E-state index in [0.29, 0.717) is 21.0 Å². The van der Waals surface area contributed by atoms with E-state index in [9.17, 15) is 0 Å². The molecular weight excluding hydrogens is 174 g/mol. The highest BCUT2D eigenvalue weighted by molar-refractivity contribution is 6.15. The minimum Gasteiger partial charge on any atom is -0.693 e. The topological polar surface area (TPSA) is 85.9 Å². The third-order valence-corrected chi connectivity index (χ3v) is 0. The molecule has 0 aliphatic heterocycles. The van der Waals surface area contributed by atoms with Crippen molar-refractivity contribution in [1.29, 1.82) is 0 Å². The van der Waals surface area contributed by atoms with Gasteiger partial charge < -0.3 is 19.9 Å². The van der Waals surface area contributed by atoms with E-state index < -0.39 is 0 Å². The maximum absolute atomic E-state index is 7.14. The zero-order valence-corrected chi connectivity index (χ0v) is 13.9. The molecule has 0 unspecified atom stereocenters. The lowest BCUT2D eigenvalue weighted by Gasteiger charge is -1.62. The third-order valence-electron chi connectivity index (χ3n) is 0. The summed E-state index contributed by atoms with van der Waals surface area (Å²) in [7, 11) is 2.72. The van der Waals surface area contributed by atoms with Crippen molar-refractivity contribution >= 4 is 41.9 Å². The maximum atomic E-state index is 7.14. The number of rotatable bonds is 0. The summed E-state index contributed by atoms with van der Waals surface area (Å²) in [6, 6.07) is 0. The largest absolute Gasteiger partial charge is 0.693 e. The average Bonchev–Trinajstić information content (AvgIpc) is 1.78. The fourth-order valence-corrected chi connectivity index (χ4v) is 0. The Kier molecular flexibility index (Phi) is 347. The first-order chi connectivity index (χ1) is 3.41. The first kappa shape index (κ1) is 23.3. The van der Waals surface area contributed by atoms with Crippen LogP contribution in [0, 0.1) is 0 Å². The van der Waals surface area contributed by atoms with Crippen LogP contribution in [-0.4, -0.2) is 51.5 Å². The van der Waals surface area contributed by atoms with Crippen LogP contribution in [-0.2, 0) is 4.12 Å². The molecule has 0 aromatic heterocycles. The van der Waals surface area contributed by atoms with Crippen LogP contribution in [0.3, 0.4) is 0 Å². The van der Waals surface area contributed by atoms with Crippen LogP contribution in [0.25, 0.3) is 6.15 Å². The summed E-state index contributed by atoms with van der Waals surface area (Å²) in [6.07, 6.45) is 0. The molecule has 0 atom stereocenters. The first-order valence-electron chi connectivity index (χ1n) is 1.76. The summed E-state index contributed by atoms with van der Waals surface area (Å²) in [6.45, 7) is 0. The van der Waals surface area contributed by atoms with Crippen molar-refractivity contribution in [3.8, 4) is 0 Å². The average molecular weight is 191 g/mol. The van der Waals surface area contributed by atoms with Gasteiger partial charge in [0.1, 0.15) is 31.5 Å². The van der Waals surface area contributed by atoms with Crippen LogP contribution in [0.4, 0.5) is 0 Å². The van der Waals surface area contributed by atoms with E-state index in [4.69, 9.17) is 9.59 Å². The van der Waals surface area contributed by atoms with Crippen LogP contribution in [0.2, 0.25) is 0 Å². The van der Waals surface area contributed by atoms with Crippen LogP contribution in [0.1, 0.15) is 0 Å². The van der Waals surface area contributed by atoms with Gasteiger partial charge in [-0.2, -0.15) is 0 Å². The molecule has 0 saturated heterocycles. The molecule has 0 bridgehead atoms. The SMILES string of the molecule is O[SiH3].[NH2-].[OH2+][SiH3].[SiH3]O[SiH3]. The second kappa shape index (κ2) is 119. The Morgan fingerprint density at radius 1 is 1.12 bits per heavy atom. The molecule has 0 saturated carbocycles. The summed E-state index contributed by atoms with van der Waals surface area (Å²) >= 11 is 0. The Hall–Kier alpha value is 0.708. The lowest BCUT2D eigenvalue weighted by atomic mass is 14.0. The zero-order valence-electron chi connectivity index (χ0n) is 5.93. The van der Waals surface area contributed by atoms with Gasteiger partial charge >= 0.3 is 10.5 Å². The second-order valence-corrected chi connectivity index (χ2v) is 3.67. The lowest BCUT2D eigenvalue weighted by molar-refractivity contribution is 0.628. The van der Waals surface area contributed by atoms with E-state index in [0.717, 1.165) is 21.0 Å². The zero-order chi connectivity index (χ0) is 6.71. The quantitative estimate of drug-likeness (QED) is 0.306. The Morgan fingerprint density at radius 3 is 1.12 bits per heavy atom. The molecule has 8 heavy (non-hydrogen) atoms. The smallest absolute Gasteiger partial charge is 0.338 e. The second-order valence-electron chi connectivity index (χ2n) is 0.408. The van der Waals surface area contributed by atoms with Crippen molar-refractivity contribution in [2.45, 2.75) is 0 Å². The molecule has 0 aromatic rings. The summed E-state index contributed by atoms with van der Waals surface area (Å²) in [5.74, 6) is 0. The molecule has 0 fully saturated rings. The van der Waals surface area contributed by atoms with E-state index in [2.05, 4.69) is 4.12 Å². The first-order valence-corrected chi connectivity index (χ1v) is 5.29. The minimum absolute atomic E-state index is 0. The highest BCUT2D eigenvalue weighted by Crippen LogP contribution is 1.20. The number of hydrogen-bond acceptors (Lipinski definition) is 2. The van der Waals surface area contributed by atoms with E-state index >= 15 is 0 Å². The fourth-order valence-electron chi connectivity index (χ4n) is 0. The molecule has 0 aliphatic rings. The van der Waals surface area contributed by atoms with Crippen molar-refractivity contribution in [1.82, 2.24) is 0 Å². The molecule has 0 amide bonds. The lowest BCUT2D eigenvalue weighted by Crippen LogP contribution is -1.65. The third kappa shape index (κ3) is 436. The summed E-state index contributed by atoms with van der Waals surface area (Å²) in [5.41, 5.74) is 0. The van der Waals surface area contributed by atoms with E-state index in [-0.39, 0.29) is 6.15 Å². The Morgan fingerprint density at radius 2 is 1.12 bits per heavy atom. The highest BCUT2D eigenvalue weighted by atomic mass is 28.3. The van der Waals surface area contributed by atoms with Gasteiger partial charge in [-0.25, -0.2) is 0 Å². The fraction of sp³-hybridized carbons (Fsp3) is 0. The van der Waals surface area contributed by atoms with E-state index in [1.165, 1.54) is 0 Å². The Balaban J connectivity index is -0.0000000147. The molecule has 0 aromatic carbocycles. The van der Waals surface area contributed by atoms with Crippen molar-refractivity contribution in [2.24, 2.45) is 0 Å². The van der Waals surface area contributed by atoms with Gasteiger partial charge in [-0.3, -0.25) is 0 Å². The van der Waals surface area contributed by atoms with Crippen LogP contribution >= 0.6 is 0 Å². The van der Waals surface area contributed by atoms with Gasteiger partial charge in [0.15, 0.2) is 0 Å². The van der Waals surface area contributed by atoms with Crippen LogP contribution < -0.4 is 0 Å². The molecule has 5 N–H and O–H groups in total. The molecule has 0 spiro atoms. The predicted octanol–water partition coefficient (Wildman–Crippen LogP) is -5.47. The van der Waals surface area contributed by atoms with Gasteiger partial charge in [0, 0.05) is 0 Å². The molecule has 0 heterocycles. The van der Waals surface area contributed by atoms with Gasteiger partial charge in [0.25, 0.3) is 0 Å². The summed E-state index contributed by atoms with van der Waals surface area (Å²) in [5, 5.41) is 0. The number of hydrogen-bond donors (Lipinski definition) is 1. The Labute approximate surface area is 62.4 Å². The molecule has 0 rings (SSSR count). The van der Waals surface area contributed by atoms with Gasteiger partial charge in [-0.15, -0.1) is 0 Å². The van der Waals surface area contributed by atoms with Crippen LogP contribution in [0.15, 0.2) is 0 Å². The van der Waals surface area contributed by atoms with Gasteiger partial charge in [0.2, 0.25) is 0 Å². The number of nitrogens with two attached hydrogens (primary N) is 1. The van der Waals surface area contributed by atoms with E-state index in [1.807, 2.05) is 0 Å². The van der Waals surface area contributed by atoms with E-state index in [1.54, 1.807) is 0 Å². The predicted molar refractivity (Wildman–Crippen MR) is 52.0 cm³/mol. The van der Waals surface area contributed by atoms with Crippen molar-refractivity contribution in [2.75, 3.05) is 0 Å².